The summed E-state index contributed by atoms with van der Waals surface area (Å²) in [6, 6.07) is 5.32. The number of hydrogen-bond donors (Lipinski definition) is 0. The topological polar surface area (TPSA) is 0 Å². The Labute approximate surface area is 109 Å². The first-order valence-corrected chi connectivity index (χ1v) is 7.65. The predicted molar refractivity (Wildman–Crippen MR) is 72.3 cm³/mol. The molecule has 0 atom stereocenters. The fraction of sp³-hybridized carbons (Fsp3) is 0.538. The quantitative estimate of drug-likeness (QED) is 0.743. The van der Waals surface area contributed by atoms with Gasteiger partial charge >= 0.3 is 0 Å². The molecule has 16 heavy (non-hydrogen) atoms. The summed E-state index contributed by atoms with van der Waals surface area (Å²) in [6.07, 6.45) is 6.87. The van der Waals surface area contributed by atoms with Crippen molar-refractivity contribution < 1.29 is 4.39 Å². The summed E-state index contributed by atoms with van der Waals surface area (Å²) in [7, 11) is 0. The lowest BCUT2D eigenvalue weighted by Crippen LogP contribution is -2.08. The minimum Gasteiger partial charge on any atom is -0.206 e. The van der Waals surface area contributed by atoms with Crippen LogP contribution in [0.1, 0.15) is 37.7 Å². The molecule has 1 aromatic carbocycles. The highest BCUT2D eigenvalue weighted by Crippen LogP contribution is 2.31. The molecule has 0 saturated heterocycles. The van der Waals surface area contributed by atoms with Crippen LogP contribution in [0.2, 0.25) is 0 Å². The van der Waals surface area contributed by atoms with Gasteiger partial charge in [-0.25, -0.2) is 4.39 Å². The second kappa shape index (κ2) is 6.06. The number of thioether (sulfide) groups is 1. The molecule has 0 nitrogen and oxygen atoms in total. The van der Waals surface area contributed by atoms with Gasteiger partial charge in [0.2, 0.25) is 0 Å². The third kappa shape index (κ3) is 3.49. The first-order chi connectivity index (χ1) is 7.75. The predicted octanol–water partition coefficient (Wildman–Crippen LogP) is 5.15. The maximum Gasteiger partial charge on any atom is 0.137 e. The summed E-state index contributed by atoms with van der Waals surface area (Å²) >= 11 is 5.25. The van der Waals surface area contributed by atoms with Gasteiger partial charge in [-0.2, -0.15) is 11.8 Å². The van der Waals surface area contributed by atoms with Crippen LogP contribution in [-0.2, 0) is 5.75 Å². The molecule has 0 heterocycles. The lowest BCUT2D eigenvalue weighted by Gasteiger charge is -2.20. The molecule has 0 N–H and O–H groups in total. The number of rotatable bonds is 3. The minimum absolute atomic E-state index is 0.175. The van der Waals surface area contributed by atoms with Gasteiger partial charge in [-0.05, 0) is 46.5 Å². The molecule has 0 radical (unpaired) electrons. The van der Waals surface area contributed by atoms with E-state index in [1.807, 2.05) is 23.9 Å². The average molecular weight is 303 g/mol. The van der Waals surface area contributed by atoms with Crippen LogP contribution in [0.4, 0.5) is 4.39 Å². The SMILES string of the molecule is Fc1ccc(CSC2CCCCC2)cc1Br. The van der Waals surface area contributed by atoms with Crippen molar-refractivity contribution in [1.29, 1.82) is 0 Å². The molecule has 0 bridgehead atoms. The first-order valence-electron chi connectivity index (χ1n) is 5.81. The van der Waals surface area contributed by atoms with Crippen LogP contribution in [0, 0.1) is 5.82 Å². The van der Waals surface area contributed by atoms with Gasteiger partial charge in [0.1, 0.15) is 5.82 Å². The van der Waals surface area contributed by atoms with Gasteiger partial charge in [-0.15, -0.1) is 0 Å². The molecule has 0 aliphatic heterocycles. The lowest BCUT2D eigenvalue weighted by molar-refractivity contribution is 0.516. The van der Waals surface area contributed by atoms with Crippen molar-refractivity contribution in [3.63, 3.8) is 0 Å². The number of hydrogen-bond acceptors (Lipinski definition) is 1. The Balaban J connectivity index is 1.86. The van der Waals surface area contributed by atoms with Gasteiger partial charge in [-0.1, -0.05) is 25.3 Å². The minimum atomic E-state index is -0.175. The second-order valence-electron chi connectivity index (χ2n) is 4.32. The highest BCUT2D eigenvalue weighted by molar-refractivity contribution is 9.10. The Kier molecular flexibility index (Phi) is 4.71. The van der Waals surface area contributed by atoms with E-state index in [0.717, 1.165) is 11.0 Å². The third-order valence-corrected chi connectivity index (χ3v) is 5.07. The Morgan fingerprint density at radius 1 is 1.25 bits per heavy atom. The zero-order valence-electron chi connectivity index (χ0n) is 9.22. The smallest absolute Gasteiger partial charge is 0.137 e. The Hall–Kier alpha value is -0.0200. The van der Waals surface area contributed by atoms with Crippen molar-refractivity contribution in [2.45, 2.75) is 43.1 Å². The molecule has 1 aliphatic carbocycles. The molecule has 3 heteroatoms. The monoisotopic (exact) mass is 302 g/mol. The zero-order valence-corrected chi connectivity index (χ0v) is 11.6. The highest BCUT2D eigenvalue weighted by Gasteiger charge is 2.13. The van der Waals surface area contributed by atoms with Crippen LogP contribution in [-0.4, -0.2) is 5.25 Å². The molecule has 0 spiro atoms. The summed E-state index contributed by atoms with van der Waals surface area (Å²) in [4.78, 5) is 0. The molecule has 0 amide bonds. The molecular weight excluding hydrogens is 287 g/mol. The van der Waals surface area contributed by atoms with Crippen LogP contribution in [0.3, 0.4) is 0 Å². The van der Waals surface area contributed by atoms with Crippen LogP contribution < -0.4 is 0 Å². The van der Waals surface area contributed by atoms with E-state index in [1.54, 1.807) is 6.07 Å². The Bertz CT molecular complexity index is 348. The van der Waals surface area contributed by atoms with E-state index in [4.69, 9.17) is 0 Å². The van der Waals surface area contributed by atoms with Crippen LogP contribution in [0.15, 0.2) is 22.7 Å². The average Bonchev–Trinajstić information content (AvgIpc) is 2.32. The van der Waals surface area contributed by atoms with Crippen molar-refractivity contribution in [3.8, 4) is 0 Å². The molecule has 0 unspecified atom stereocenters. The van der Waals surface area contributed by atoms with Crippen LogP contribution in [0.25, 0.3) is 0 Å². The molecule has 0 aromatic heterocycles. The van der Waals surface area contributed by atoms with Gasteiger partial charge in [0.15, 0.2) is 0 Å². The van der Waals surface area contributed by atoms with Crippen molar-refractivity contribution in [2.24, 2.45) is 0 Å². The molecule has 1 aromatic rings. The van der Waals surface area contributed by atoms with Gasteiger partial charge < -0.3 is 0 Å². The Morgan fingerprint density at radius 3 is 2.69 bits per heavy atom. The summed E-state index contributed by atoms with van der Waals surface area (Å²) in [5.74, 6) is 0.829. The van der Waals surface area contributed by atoms with E-state index in [9.17, 15) is 4.39 Å². The van der Waals surface area contributed by atoms with E-state index in [2.05, 4.69) is 15.9 Å². The van der Waals surface area contributed by atoms with E-state index in [1.165, 1.54) is 37.7 Å². The normalized spacial score (nSPS) is 17.6. The molecule has 2 rings (SSSR count). The lowest BCUT2D eigenvalue weighted by atomic mass is 10.0. The molecule has 1 aliphatic rings. The highest BCUT2D eigenvalue weighted by atomic mass is 79.9. The molecule has 1 saturated carbocycles. The van der Waals surface area contributed by atoms with Crippen LogP contribution in [0.5, 0.6) is 0 Å². The first kappa shape index (κ1) is 12.4. The van der Waals surface area contributed by atoms with Crippen LogP contribution >= 0.6 is 27.7 Å². The molecule has 88 valence electrons. The van der Waals surface area contributed by atoms with E-state index >= 15 is 0 Å². The van der Waals surface area contributed by atoms with Gasteiger partial charge in [0, 0.05) is 11.0 Å². The fourth-order valence-electron chi connectivity index (χ4n) is 2.08. The number of halogens is 2. The van der Waals surface area contributed by atoms with E-state index in [-0.39, 0.29) is 5.82 Å². The van der Waals surface area contributed by atoms with Gasteiger partial charge in [-0.3, -0.25) is 0 Å². The third-order valence-electron chi connectivity index (χ3n) is 3.02. The second-order valence-corrected chi connectivity index (χ2v) is 6.46. The summed E-state index contributed by atoms with van der Waals surface area (Å²) in [6.45, 7) is 0. The van der Waals surface area contributed by atoms with E-state index < -0.39 is 0 Å². The largest absolute Gasteiger partial charge is 0.206 e. The standard InChI is InChI=1S/C13H16BrFS/c14-12-8-10(6-7-13(12)15)9-16-11-4-2-1-3-5-11/h6-8,11H,1-5,9H2. The Morgan fingerprint density at radius 2 is 2.00 bits per heavy atom. The van der Waals surface area contributed by atoms with Crippen molar-refractivity contribution in [2.75, 3.05) is 0 Å². The summed E-state index contributed by atoms with van der Waals surface area (Å²) in [5.41, 5.74) is 1.21. The summed E-state index contributed by atoms with van der Waals surface area (Å²) in [5, 5.41) is 0.817. The van der Waals surface area contributed by atoms with E-state index in [0.29, 0.717) is 4.47 Å². The van der Waals surface area contributed by atoms with Gasteiger partial charge in [0.05, 0.1) is 4.47 Å². The van der Waals surface area contributed by atoms with Crippen molar-refractivity contribution >= 4 is 27.7 Å². The maximum atomic E-state index is 13.0. The molecular formula is C13H16BrFS. The zero-order chi connectivity index (χ0) is 11.4. The van der Waals surface area contributed by atoms with Gasteiger partial charge in [0.25, 0.3) is 0 Å². The fourth-order valence-corrected chi connectivity index (χ4v) is 3.78. The maximum absolute atomic E-state index is 13.0. The van der Waals surface area contributed by atoms with Crippen molar-refractivity contribution in [1.82, 2.24) is 0 Å². The summed E-state index contributed by atoms with van der Waals surface area (Å²) < 4.78 is 13.6. The number of benzene rings is 1. The molecule has 1 fully saturated rings. The van der Waals surface area contributed by atoms with Crippen molar-refractivity contribution in [3.05, 3.63) is 34.1 Å².